The van der Waals surface area contributed by atoms with Gasteiger partial charge >= 0.3 is 0 Å². The molecule has 2 heteroatoms. The van der Waals surface area contributed by atoms with Gasteiger partial charge in [-0.05, 0) is 45.9 Å². The molecule has 1 fully saturated rings. The Bertz CT molecular complexity index is 117. The standard InChI is InChI=1S/C11H24N2/c1-3-4-5-8-12-11-6-9-13(2)10-7-11/h11-12H,3-10H2,1-2H3. The highest BCUT2D eigenvalue weighted by Crippen LogP contribution is 2.08. The van der Waals surface area contributed by atoms with Gasteiger partial charge in [-0.3, -0.25) is 0 Å². The highest BCUT2D eigenvalue weighted by Gasteiger charge is 2.14. The van der Waals surface area contributed by atoms with Crippen molar-refractivity contribution in [2.75, 3.05) is 26.7 Å². The van der Waals surface area contributed by atoms with Crippen LogP contribution in [0.15, 0.2) is 0 Å². The molecule has 0 unspecified atom stereocenters. The Morgan fingerprint density at radius 2 is 1.92 bits per heavy atom. The Kier molecular flexibility index (Phi) is 5.40. The first kappa shape index (κ1) is 11.0. The van der Waals surface area contributed by atoms with Crippen LogP contribution < -0.4 is 5.32 Å². The molecule has 1 aliphatic rings. The second kappa shape index (κ2) is 6.39. The number of hydrogen-bond donors (Lipinski definition) is 1. The minimum absolute atomic E-state index is 0.799. The third-order valence-electron chi connectivity index (χ3n) is 2.93. The maximum atomic E-state index is 3.65. The van der Waals surface area contributed by atoms with Crippen LogP contribution in [0.4, 0.5) is 0 Å². The van der Waals surface area contributed by atoms with Gasteiger partial charge in [0.2, 0.25) is 0 Å². The van der Waals surface area contributed by atoms with E-state index in [9.17, 15) is 0 Å². The molecule has 0 aromatic carbocycles. The Morgan fingerprint density at radius 3 is 2.54 bits per heavy atom. The summed E-state index contributed by atoms with van der Waals surface area (Å²) in [5, 5.41) is 3.65. The zero-order valence-corrected chi connectivity index (χ0v) is 9.18. The number of piperidine rings is 1. The average molecular weight is 184 g/mol. The van der Waals surface area contributed by atoms with Crippen LogP contribution in [0.1, 0.15) is 39.0 Å². The topological polar surface area (TPSA) is 15.3 Å². The van der Waals surface area contributed by atoms with Crippen LogP contribution in [0.2, 0.25) is 0 Å². The molecule has 0 spiro atoms. The normalized spacial score (nSPS) is 20.8. The molecule has 0 aliphatic carbocycles. The maximum absolute atomic E-state index is 3.65. The predicted molar refractivity (Wildman–Crippen MR) is 58.0 cm³/mol. The molecule has 0 amide bonds. The van der Waals surface area contributed by atoms with Crippen molar-refractivity contribution in [3.05, 3.63) is 0 Å². The SMILES string of the molecule is CCCCCNC1CCN(C)CC1. The van der Waals surface area contributed by atoms with E-state index >= 15 is 0 Å². The lowest BCUT2D eigenvalue weighted by Gasteiger charge is -2.29. The van der Waals surface area contributed by atoms with E-state index in [1.54, 1.807) is 0 Å². The lowest BCUT2D eigenvalue weighted by molar-refractivity contribution is 0.234. The van der Waals surface area contributed by atoms with E-state index in [1.807, 2.05) is 0 Å². The van der Waals surface area contributed by atoms with Crippen molar-refractivity contribution in [1.82, 2.24) is 10.2 Å². The summed E-state index contributed by atoms with van der Waals surface area (Å²) in [6.45, 7) is 6.02. The van der Waals surface area contributed by atoms with E-state index < -0.39 is 0 Å². The zero-order valence-electron chi connectivity index (χ0n) is 9.18. The highest BCUT2D eigenvalue weighted by molar-refractivity contribution is 4.74. The van der Waals surface area contributed by atoms with E-state index in [1.165, 1.54) is 51.7 Å². The van der Waals surface area contributed by atoms with Gasteiger partial charge in [0.05, 0.1) is 0 Å². The van der Waals surface area contributed by atoms with E-state index in [0.29, 0.717) is 0 Å². The summed E-state index contributed by atoms with van der Waals surface area (Å²) in [4.78, 5) is 2.42. The minimum Gasteiger partial charge on any atom is -0.314 e. The van der Waals surface area contributed by atoms with Crippen LogP contribution in [-0.2, 0) is 0 Å². The number of nitrogens with zero attached hydrogens (tertiary/aromatic N) is 1. The third-order valence-corrected chi connectivity index (χ3v) is 2.93. The van der Waals surface area contributed by atoms with Crippen LogP contribution >= 0.6 is 0 Å². The van der Waals surface area contributed by atoms with Crippen molar-refractivity contribution in [1.29, 1.82) is 0 Å². The van der Waals surface area contributed by atoms with Gasteiger partial charge in [0, 0.05) is 6.04 Å². The third kappa shape index (κ3) is 4.63. The quantitative estimate of drug-likeness (QED) is 0.656. The first-order valence-electron chi connectivity index (χ1n) is 5.75. The largest absolute Gasteiger partial charge is 0.314 e. The van der Waals surface area contributed by atoms with E-state index in [4.69, 9.17) is 0 Å². The molecule has 1 rings (SSSR count). The molecule has 0 radical (unpaired) electrons. The molecule has 0 saturated carbocycles. The summed E-state index contributed by atoms with van der Waals surface area (Å²) in [6, 6.07) is 0.799. The summed E-state index contributed by atoms with van der Waals surface area (Å²) >= 11 is 0. The fraction of sp³-hybridized carbons (Fsp3) is 1.00. The first-order chi connectivity index (χ1) is 6.33. The summed E-state index contributed by atoms with van der Waals surface area (Å²) in [5.74, 6) is 0. The van der Waals surface area contributed by atoms with Crippen LogP contribution in [-0.4, -0.2) is 37.6 Å². The fourth-order valence-corrected chi connectivity index (χ4v) is 1.89. The van der Waals surface area contributed by atoms with Crippen LogP contribution in [0.5, 0.6) is 0 Å². The molecule has 78 valence electrons. The van der Waals surface area contributed by atoms with Gasteiger partial charge in [-0.1, -0.05) is 19.8 Å². The smallest absolute Gasteiger partial charge is 0.00914 e. The molecule has 0 aromatic rings. The number of nitrogens with one attached hydrogen (secondary N) is 1. The summed E-state index contributed by atoms with van der Waals surface area (Å²) in [7, 11) is 2.22. The number of likely N-dealkylation sites (tertiary alicyclic amines) is 1. The fourth-order valence-electron chi connectivity index (χ4n) is 1.89. The van der Waals surface area contributed by atoms with Crippen molar-refractivity contribution >= 4 is 0 Å². The number of rotatable bonds is 5. The number of unbranched alkanes of at least 4 members (excludes halogenated alkanes) is 2. The van der Waals surface area contributed by atoms with Crippen LogP contribution in [0, 0.1) is 0 Å². The Labute approximate surface area is 82.7 Å². The average Bonchev–Trinajstić information content (AvgIpc) is 2.15. The van der Waals surface area contributed by atoms with Gasteiger partial charge in [0.25, 0.3) is 0 Å². The molecule has 0 aromatic heterocycles. The van der Waals surface area contributed by atoms with Crippen molar-refractivity contribution < 1.29 is 0 Å². The molecule has 1 aliphatic heterocycles. The minimum atomic E-state index is 0.799. The van der Waals surface area contributed by atoms with Crippen LogP contribution in [0.25, 0.3) is 0 Å². The number of hydrogen-bond acceptors (Lipinski definition) is 2. The lowest BCUT2D eigenvalue weighted by atomic mass is 10.1. The molecule has 2 nitrogen and oxygen atoms in total. The van der Waals surface area contributed by atoms with E-state index in [2.05, 4.69) is 24.2 Å². The zero-order chi connectivity index (χ0) is 9.52. The molecule has 0 atom stereocenters. The molecular formula is C11H24N2. The van der Waals surface area contributed by atoms with Gasteiger partial charge < -0.3 is 10.2 Å². The van der Waals surface area contributed by atoms with Gasteiger partial charge in [-0.2, -0.15) is 0 Å². The molecule has 1 saturated heterocycles. The monoisotopic (exact) mass is 184 g/mol. The summed E-state index contributed by atoms with van der Waals surface area (Å²) in [6.07, 6.45) is 6.72. The first-order valence-corrected chi connectivity index (χ1v) is 5.75. The molecule has 1 N–H and O–H groups in total. The molecule has 1 heterocycles. The van der Waals surface area contributed by atoms with Crippen molar-refractivity contribution in [2.24, 2.45) is 0 Å². The lowest BCUT2D eigenvalue weighted by Crippen LogP contribution is -2.41. The Morgan fingerprint density at radius 1 is 1.23 bits per heavy atom. The van der Waals surface area contributed by atoms with Crippen molar-refractivity contribution in [3.8, 4) is 0 Å². The van der Waals surface area contributed by atoms with Gasteiger partial charge in [0.1, 0.15) is 0 Å². The Hall–Kier alpha value is -0.0800. The van der Waals surface area contributed by atoms with Gasteiger partial charge in [0.15, 0.2) is 0 Å². The maximum Gasteiger partial charge on any atom is 0.00914 e. The highest BCUT2D eigenvalue weighted by atomic mass is 15.1. The predicted octanol–water partition coefficient (Wildman–Crippen LogP) is 1.86. The molecule has 0 bridgehead atoms. The van der Waals surface area contributed by atoms with Gasteiger partial charge in [-0.15, -0.1) is 0 Å². The Balaban J connectivity index is 1.96. The van der Waals surface area contributed by atoms with E-state index in [-0.39, 0.29) is 0 Å². The van der Waals surface area contributed by atoms with Gasteiger partial charge in [-0.25, -0.2) is 0 Å². The summed E-state index contributed by atoms with van der Waals surface area (Å²) in [5.41, 5.74) is 0. The molecular weight excluding hydrogens is 160 g/mol. The second-order valence-corrected chi connectivity index (χ2v) is 4.24. The van der Waals surface area contributed by atoms with Crippen molar-refractivity contribution in [2.45, 2.75) is 45.1 Å². The van der Waals surface area contributed by atoms with E-state index in [0.717, 1.165) is 6.04 Å². The van der Waals surface area contributed by atoms with Crippen molar-refractivity contribution in [3.63, 3.8) is 0 Å². The summed E-state index contributed by atoms with van der Waals surface area (Å²) < 4.78 is 0. The van der Waals surface area contributed by atoms with Crippen LogP contribution in [0.3, 0.4) is 0 Å². The second-order valence-electron chi connectivity index (χ2n) is 4.24. The molecule has 13 heavy (non-hydrogen) atoms.